The molecule has 1 aromatic heterocycles. The Labute approximate surface area is 143 Å². The van der Waals surface area contributed by atoms with Crippen LogP contribution < -0.4 is 5.32 Å². The SMILES string of the molecule is C[C@H](C1CC1)n1cc(NC(=O)N2CCC(N3CC=CC3)CC2)cn1. The first-order valence-electron chi connectivity index (χ1n) is 9.20. The molecule has 0 unspecified atom stereocenters. The molecular weight excluding hydrogens is 302 g/mol. The van der Waals surface area contributed by atoms with E-state index in [1.807, 2.05) is 15.8 Å². The first kappa shape index (κ1) is 15.7. The molecular formula is C18H27N5O. The first-order valence-corrected chi connectivity index (χ1v) is 9.20. The summed E-state index contributed by atoms with van der Waals surface area (Å²) in [6, 6.07) is 1.05. The normalized spacial score (nSPS) is 23.6. The number of likely N-dealkylation sites (tertiary alicyclic amines) is 1. The lowest BCUT2D eigenvalue weighted by Gasteiger charge is -2.36. The van der Waals surface area contributed by atoms with Crippen molar-refractivity contribution in [2.45, 2.75) is 44.7 Å². The molecule has 1 aromatic rings. The molecule has 2 fully saturated rings. The second kappa shape index (κ2) is 6.59. The Hall–Kier alpha value is -1.82. The maximum atomic E-state index is 12.5. The van der Waals surface area contributed by atoms with Gasteiger partial charge in [0, 0.05) is 38.4 Å². The number of amides is 2. The minimum Gasteiger partial charge on any atom is -0.324 e. The molecule has 1 N–H and O–H groups in total. The monoisotopic (exact) mass is 329 g/mol. The number of nitrogens with one attached hydrogen (secondary N) is 1. The summed E-state index contributed by atoms with van der Waals surface area (Å²) in [5.41, 5.74) is 0.804. The predicted octanol–water partition coefficient (Wildman–Crippen LogP) is 2.72. The summed E-state index contributed by atoms with van der Waals surface area (Å²) < 4.78 is 1.99. The smallest absolute Gasteiger partial charge is 0.321 e. The van der Waals surface area contributed by atoms with Crippen LogP contribution in [-0.4, -0.2) is 57.8 Å². The van der Waals surface area contributed by atoms with Gasteiger partial charge in [0.15, 0.2) is 0 Å². The van der Waals surface area contributed by atoms with Crippen molar-refractivity contribution in [3.05, 3.63) is 24.5 Å². The number of rotatable bonds is 4. The van der Waals surface area contributed by atoms with Crippen molar-refractivity contribution < 1.29 is 4.79 Å². The predicted molar refractivity (Wildman–Crippen MR) is 94.0 cm³/mol. The highest BCUT2D eigenvalue weighted by Crippen LogP contribution is 2.39. The van der Waals surface area contributed by atoms with Crippen molar-refractivity contribution in [3.8, 4) is 0 Å². The van der Waals surface area contributed by atoms with Crippen LogP contribution in [0.15, 0.2) is 24.5 Å². The minimum atomic E-state index is 0.00613. The van der Waals surface area contributed by atoms with Gasteiger partial charge in [0.2, 0.25) is 0 Å². The third kappa shape index (κ3) is 3.34. The molecule has 130 valence electrons. The maximum Gasteiger partial charge on any atom is 0.321 e. The van der Waals surface area contributed by atoms with Gasteiger partial charge in [0.05, 0.1) is 17.9 Å². The summed E-state index contributed by atoms with van der Waals surface area (Å²) in [4.78, 5) is 16.9. The van der Waals surface area contributed by atoms with Crippen molar-refractivity contribution in [2.24, 2.45) is 5.92 Å². The lowest BCUT2D eigenvalue weighted by Crippen LogP contribution is -2.47. The molecule has 6 nitrogen and oxygen atoms in total. The van der Waals surface area contributed by atoms with Crippen molar-refractivity contribution >= 4 is 11.7 Å². The van der Waals surface area contributed by atoms with E-state index in [0.717, 1.165) is 50.6 Å². The molecule has 6 heteroatoms. The fraction of sp³-hybridized carbons (Fsp3) is 0.667. The average Bonchev–Trinajstić information content (AvgIpc) is 3.10. The number of carbonyl (C=O) groups excluding carboxylic acids is 1. The molecule has 2 aliphatic heterocycles. The van der Waals surface area contributed by atoms with Crippen LogP contribution in [-0.2, 0) is 0 Å². The van der Waals surface area contributed by atoms with Gasteiger partial charge in [-0.15, -0.1) is 0 Å². The summed E-state index contributed by atoms with van der Waals surface area (Å²) in [5, 5.41) is 7.42. The summed E-state index contributed by atoms with van der Waals surface area (Å²) in [5.74, 6) is 0.757. The van der Waals surface area contributed by atoms with Gasteiger partial charge in [-0.1, -0.05) is 12.2 Å². The van der Waals surface area contributed by atoms with E-state index in [0.29, 0.717) is 12.1 Å². The fourth-order valence-corrected chi connectivity index (χ4v) is 3.85. The molecule has 2 amide bonds. The first-order chi connectivity index (χ1) is 11.7. The molecule has 1 aliphatic carbocycles. The molecule has 1 atom stereocenters. The van der Waals surface area contributed by atoms with E-state index in [1.54, 1.807) is 6.20 Å². The van der Waals surface area contributed by atoms with E-state index in [2.05, 4.69) is 34.4 Å². The van der Waals surface area contributed by atoms with Crippen LogP contribution in [0.2, 0.25) is 0 Å². The van der Waals surface area contributed by atoms with Crippen LogP contribution in [0, 0.1) is 5.92 Å². The Morgan fingerprint density at radius 2 is 1.92 bits per heavy atom. The number of urea groups is 1. The molecule has 0 aromatic carbocycles. The largest absolute Gasteiger partial charge is 0.324 e. The van der Waals surface area contributed by atoms with Gasteiger partial charge in [0.25, 0.3) is 0 Å². The van der Waals surface area contributed by atoms with Gasteiger partial charge in [0.1, 0.15) is 0 Å². The number of hydrogen-bond acceptors (Lipinski definition) is 3. The van der Waals surface area contributed by atoms with E-state index in [-0.39, 0.29) is 6.03 Å². The van der Waals surface area contributed by atoms with E-state index in [9.17, 15) is 4.79 Å². The second-order valence-corrected chi connectivity index (χ2v) is 7.36. The molecule has 4 rings (SSSR count). The zero-order valence-electron chi connectivity index (χ0n) is 14.4. The summed E-state index contributed by atoms with van der Waals surface area (Å²) in [6.07, 6.45) is 12.9. The van der Waals surface area contributed by atoms with Crippen LogP contribution in [0.5, 0.6) is 0 Å². The summed E-state index contributed by atoms with van der Waals surface area (Å²) in [7, 11) is 0. The molecule has 3 aliphatic rings. The Kier molecular flexibility index (Phi) is 4.31. The molecule has 3 heterocycles. The number of piperidine rings is 1. The number of carbonyl (C=O) groups is 1. The third-order valence-electron chi connectivity index (χ3n) is 5.69. The molecule has 1 saturated heterocycles. The Morgan fingerprint density at radius 1 is 1.21 bits per heavy atom. The Bertz CT molecular complexity index is 605. The second-order valence-electron chi connectivity index (χ2n) is 7.36. The van der Waals surface area contributed by atoms with Crippen molar-refractivity contribution in [1.29, 1.82) is 0 Å². The third-order valence-corrected chi connectivity index (χ3v) is 5.69. The standard InChI is InChI=1S/C18H27N5O/c1-14(15-4-5-15)23-13-16(12-19-23)20-18(24)22-10-6-17(7-11-22)21-8-2-3-9-21/h2-3,12-15,17H,4-11H2,1H3,(H,20,24)/t14-/m1/s1. The van der Waals surface area contributed by atoms with Crippen LogP contribution in [0.25, 0.3) is 0 Å². The maximum absolute atomic E-state index is 12.5. The average molecular weight is 329 g/mol. The molecule has 0 radical (unpaired) electrons. The molecule has 0 bridgehead atoms. The van der Waals surface area contributed by atoms with Crippen molar-refractivity contribution in [2.75, 3.05) is 31.5 Å². The van der Waals surface area contributed by atoms with Crippen molar-refractivity contribution in [3.63, 3.8) is 0 Å². The number of hydrogen-bond donors (Lipinski definition) is 1. The van der Waals surface area contributed by atoms with Crippen LogP contribution in [0.1, 0.15) is 38.6 Å². The summed E-state index contributed by atoms with van der Waals surface area (Å²) in [6.45, 7) is 6.00. The van der Waals surface area contributed by atoms with Gasteiger partial charge in [-0.2, -0.15) is 5.10 Å². The highest BCUT2D eigenvalue weighted by Gasteiger charge is 2.30. The molecule has 0 spiro atoms. The quantitative estimate of drug-likeness (QED) is 0.864. The number of aromatic nitrogens is 2. The minimum absolute atomic E-state index is 0.00613. The number of nitrogens with zero attached hydrogens (tertiary/aromatic N) is 4. The molecule has 1 saturated carbocycles. The zero-order valence-corrected chi connectivity index (χ0v) is 14.4. The van der Waals surface area contributed by atoms with Crippen LogP contribution >= 0.6 is 0 Å². The van der Waals surface area contributed by atoms with E-state index in [1.165, 1.54) is 12.8 Å². The van der Waals surface area contributed by atoms with E-state index < -0.39 is 0 Å². The van der Waals surface area contributed by atoms with Crippen LogP contribution in [0.3, 0.4) is 0 Å². The topological polar surface area (TPSA) is 53.4 Å². The zero-order chi connectivity index (χ0) is 16.5. The lowest BCUT2D eigenvalue weighted by molar-refractivity contribution is 0.144. The number of anilines is 1. The highest BCUT2D eigenvalue weighted by atomic mass is 16.2. The van der Waals surface area contributed by atoms with E-state index in [4.69, 9.17) is 0 Å². The van der Waals surface area contributed by atoms with Gasteiger partial charge >= 0.3 is 6.03 Å². The van der Waals surface area contributed by atoms with Gasteiger partial charge in [-0.3, -0.25) is 9.58 Å². The molecule has 24 heavy (non-hydrogen) atoms. The van der Waals surface area contributed by atoms with Gasteiger partial charge < -0.3 is 10.2 Å². The lowest BCUT2D eigenvalue weighted by atomic mass is 10.0. The Balaban J connectivity index is 1.27. The Morgan fingerprint density at radius 3 is 2.58 bits per heavy atom. The summed E-state index contributed by atoms with van der Waals surface area (Å²) >= 11 is 0. The fourth-order valence-electron chi connectivity index (χ4n) is 3.85. The van der Waals surface area contributed by atoms with Gasteiger partial charge in [-0.05, 0) is 38.5 Å². The highest BCUT2D eigenvalue weighted by molar-refractivity contribution is 5.89. The van der Waals surface area contributed by atoms with E-state index >= 15 is 0 Å². The van der Waals surface area contributed by atoms with Crippen molar-refractivity contribution in [1.82, 2.24) is 19.6 Å². The van der Waals surface area contributed by atoms with Crippen LogP contribution in [0.4, 0.5) is 10.5 Å². The van der Waals surface area contributed by atoms with Gasteiger partial charge in [-0.25, -0.2) is 4.79 Å².